The first kappa shape index (κ1) is 19.6. The van der Waals surface area contributed by atoms with Crippen LogP contribution in [-0.2, 0) is 10.9 Å². The molecule has 0 saturated heterocycles. The summed E-state index contributed by atoms with van der Waals surface area (Å²) in [6, 6.07) is 7.11. The standard InChI is InChI=1S/C17H12F6O3/c1-2-25-15(24)13-7-6-11(9-14(13)26-17(21,22)23)10-4-3-5-12(8-10)16(18,19)20/h3-9H,2H2,1H3. The summed E-state index contributed by atoms with van der Waals surface area (Å²) >= 11 is 0. The van der Waals surface area contributed by atoms with E-state index in [-0.39, 0.29) is 17.7 Å². The van der Waals surface area contributed by atoms with Gasteiger partial charge < -0.3 is 9.47 Å². The van der Waals surface area contributed by atoms with E-state index in [1.54, 1.807) is 0 Å². The molecule has 3 nitrogen and oxygen atoms in total. The lowest BCUT2D eigenvalue weighted by molar-refractivity contribution is -0.274. The average Bonchev–Trinajstić information content (AvgIpc) is 2.53. The van der Waals surface area contributed by atoms with Crippen LogP contribution < -0.4 is 4.74 Å². The molecule has 2 aromatic rings. The van der Waals surface area contributed by atoms with E-state index in [1.165, 1.54) is 19.1 Å². The molecule has 2 aromatic carbocycles. The second-order valence-electron chi connectivity index (χ2n) is 5.06. The normalized spacial score (nSPS) is 12.0. The highest BCUT2D eigenvalue weighted by Crippen LogP contribution is 2.35. The highest BCUT2D eigenvalue weighted by Gasteiger charge is 2.34. The minimum atomic E-state index is -5.09. The zero-order valence-electron chi connectivity index (χ0n) is 13.2. The summed E-state index contributed by atoms with van der Waals surface area (Å²) < 4.78 is 84.7. The smallest absolute Gasteiger partial charge is 0.462 e. The summed E-state index contributed by atoms with van der Waals surface area (Å²) in [5.41, 5.74) is -1.41. The molecule has 0 fully saturated rings. The van der Waals surface area contributed by atoms with Crippen LogP contribution in [0, 0.1) is 0 Å². The first-order chi connectivity index (χ1) is 12.0. The first-order valence-corrected chi connectivity index (χ1v) is 7.26. The summed E-state index contributed by atoms with van der Waals surface area (Å²) in [6.07, 6.45) is -9.69. The number of alkyl halides is 6. The summed E-state index contributed by atoms with van der Waals surface area (Å²) in [4.78, 5) is 11.8. The summed E-state index contributed by atoms with van der Waals surface area (Å²) in [7, 11) is 0. The van der Waals surface area contributed by atoms with Crippen molar-refractivity contribution in [3.8, 4) is 16.9 Å². The van der Waals surface area contributed by atoms with Gasteiger partial charge in [-0.3, -0.25) is 0 Å². The molecule has 0 saturated carbocycles. The Balaban J connectivity index is 2.51. The third kappa shape index (κ3) is 4.90. The highest BCUT2D eigenvalue weighted by molar-refractivity contribution is 5.93. The van der Waals surface area contributed by atoms with Crippen molar-refractivity contribution in [1.82, 2.24) is 0 Å². The van der Waals surface area contributed by atoms with E-state index < -0.39 is 35.4 Å². The van der Waals surface area contributed by atoms with E-state index in [9.17, 15) is 31.1 Å². The zero-order valence-corrected chi connectivity index (χ0v) is 13.2. The lowest BCUT2D eigenvalue weighted by Crippen LogP contribution is -2.19. The van der Waals surface area contributed by atoms with Gasteiger partial charge >= 0.3 is 18.5 Å². The van der Waals surface area contributed by atoms with Crippen LogP contribution in [-0.4, -0.2) is 18.9 Å². The van der Waals surface area contributed by atoms with Crippen molar-refractivity contribution in [2.75, 3.05) is 6.61 Å². The van der Waals surface area contributed by atoms with Crippen LogP contribution in [0.1, 0.15) is 22.8 Å². The monoisotopic (exact) mass is 378 g/mol. The number of rotatable bonds is 4. The molecule has 0 heterocycles. The van der Waals surface area contributed by atoms with E-state index in [0.717, 1.165) is 30.3 Å². The minimum Gasteiger partial charge on any atom is -0.462 e. The second-order valence-corrected chi connectivity index (χ2v) is 5.06. The fraction of sp³-hybridized carbons (Fsp3) is 0.235. The summed E-state index contributed by atoms with van der Waals surface area (Å²) in [5.74, 6) is -1.90. The second kappa shape index (κ2) is 7.27. The zero-order chi connectivity index (χ0) is 19.5. The molecule has 26 heavy (non-hydrogen) atoms. The van der Waals surface area contributed by atoms with E-state index in [0.29, 0.717) is 0 Å². The van der Waals surface area contributed by atoms with Gasteiger partial charge in [-0.05, 0) is 42.3 Å². The Hall–Kier alpha value is -2.71. The Morgan fingerprint density at radius 3 is 2.19 bits per heavy atom. The molecule has 0 aliphatic heterocycles. The van der Waals surface area contributed by atoms with Crippen molar-refractivity contribution in [3.05, 3.63) is 53.6 Å². The number of benzene rings is 2. The van der Waals surface area contributed by atoms with Crippen molar-refractivity contribution < 1.29 is 40.6 Å². The third-order valence-electron chi connectivity index (χ3n) is 3.23. The number of ether oxygens (including phenoxy) is 2. The molecule has 0 aliphatic rings. The van der Waals surface area contributed by atoms with Crippen LogP contribution in [0.4, 0.5) is 26.3 Å². The molecule has 0 bridgehead atoms. The van der Waals surface area contributed by atoms with Gasteiger partial charge in [-0.15, -0.1) is 13.2 Å². The molecule has 9 heteroatoms. The SMILES string of the molecule is CCOC(=O)c1ccc(-c2cccc(C(F)(F)F)c2)cc1OC(F)(F)F. The molecule has 0 N–H and O–H groups in total. The van der Waals surface area contributed by atoms with Gasteiger partial charge in [0.1, 0.15) is 11.3 Å². The van der Waals surface area contributed by atoms with Crippen molar-refractivity contribution in [2.24, 2.45) is 0 Å². The molecule has 0 radical (unpaired) electrons. The maximum Gasteiger partial charge on any atom is 0.573 e. The van der Waals surface area contributed by atoms with Gasteiger partial charge in [-0.1, -0.05) is 18.2 Å². The van der Waals surface area contributed by atoms with Gasteiger partial charge in [0.2, 0.25) is 0 Å². The molecule has 0 unspecified atom stereocenters. The van der Waals surface area contributed by atoms with Crippen molar-refractivity contribution in [2.45, 2.75) is 19.5 Å². The van der Waals surface area contributed by atoms with E-state index in [4.69, 9.17) is 0 Å². The largest absolute Gasteiger partial charge is 0.573 e. The lowest BCUT2D eigenvalue weighted by Gasteiger charge is -2.15. The topological polar surface area (TPSA) is 35.5 Å². The fourth-order valence-corrected chi connectivity index (χ4v) is 2.16. The van der Waals surface area contributed by atoms with Crippen LogP contribution >= 0.6 is 0 Å². The Bertz CT molecular complexity index is 796. The van der Waals surface area contributed by atoms with Gasteiger partial charge in [0, 0.05) is 0 Å². The van der Waals surface area contributed by atoms with Crippen LogP contribution in [0.5, 0.6) is 5.75 Å². The molecule has 0 spiro atoms. The molecular weight excluding hydrogens is 366 g/mol. The molecule has 0 aromatic heterocycles. The van der Waals surface area contributed by atoms with Crippen LogP contribution in [0.3, 0.4) is 0 Å². The fourth-order valence-electron chi connectivity index (χ4n) is 2.16. The summed E-state index contributed by atoms with van der Waals surface area (Å²) in [6.45, 7) is 1.40. The number of carbonyl (C=O) groups excluding carboxylic acids is 1. The van der Waals surface area contributed by atoms with E-state index in [1.807, 2.05) is 0 Å². The molecular formula is C17H12F6O3. The third-order valence-corrected chi connectivity index (χ3v) is 3.23. The van der Waals surface area contributed by atoms with E-state index >= 15 is 0 Å². The number of esters is 1. The van der Waals surface area contributed by atoms with Gasteiger partial charge in [0.15, 0.2) is 0 Å². The number of carbonyl (C=O) groups is 1. The van der Waals surface area contributed by atoms with Crippen LogP contribution in [0.15, 0.2) is 42.5 Å². The lowest BCUT2D eigenvalue weighted by atomic mass is 10.0. The number of hydrogen-bond donors (Lipinski definition) is 0. The number of hydrogen-bond acceptors (Lipinski definition) is 3. The predicted octanol–water partition coefficient (Wildman–Crippen LogP) is 5.45. The van der Waals surface area contributed by atoms with Gasteiger partial charge in [-0.25, -0.2) is 4.79 Å². The van der Waals surface area contributed by atoms with Gasteiger partial charge in [0.25, 0.3) is 0 Å². The molecule has 140 valence electrons. The van der Waals surface area contributed by atoms with Crippen LogP contribution in [0.2, 0.25) is 0 Å². The molecule has 0 amide bonds. The Kier molecular flexibility index (Phi) is 5.48. The van der Waals surface area contributed by atoms with Gasteiger partial charge in [-0.2, -0.15) is 13.2 Å². The Morgan fingerprint density at radius 2 is 1.62 bits per heavy atom. The maximum atomic E-state index is 12.8. The predicted molar refractivity (Wildman–Crippen MR) is 79.5 cm³/mol. The van der Waals surface area contributed by atoms with Crippen molar-refractivity contribution in [1.29, 1.82) is 0 Å². The molecule has 0 aliphatic carbocycles. The Morgan fingerprint density at radius 1 is 0.962 bits per heavy atom. The molecule has 2 rings (SSSR count). The molecule has 0 atom stereocenters. The highest BCUT2D eigenvalue weighted by atomic mass is 19.4. The maximum absolute atomic E-state index is 12.8. The van der Waals surface area contributed by atoms with Gasteiger partial charge in [0.05, 0.1) is 12.2 Å². The van der Waals surface area contributed by atoms with Crippen LogP contribution in [0.25, 0.3) is 11.1 Å². The number of halogens is 6. The van der Waals surface area contributed by atoms with Crippen molar-refractivity contribution in [3.63, 3.8) is 0 Å². The van der Waals surface area contributed by atoms with E-state index in [2.05, 4.69) is 9.47 Å². The average molecular weight is 378 g/mol. The minimum absolute atomic E-state index is 0.0160. The summed E-state index contributed by atoms with van der Waals surface area (Å²) in [5, 5.41) is 0. The first-order valence-electron chi connectivity index (χ1n) is 7.26. The Labute approximate surface area is 144 Å². The van der Waals surface area contributed by atoms with Crippen molar-refractivity contribution >= 4 is 5.97 Å². The quantitative estimate of drug-likeness (QED) is 0.524.